The minimum Gasteiger partial charge on any atom is -0.492 e. The number of aromatic nitrogens is 2. The van der Waals surface area contributed by atoms with E-state index in [4.69, 9.17) is 14.2 Å². The maximum absolute atomic E-state index is 5.72. The zero-order valence-corrected chi connectivity index (χ0v) is 17.9. The highest BCUT2D eigenvalue weighted by Crippen LogP contribution is 2.32. The van der Waals surface area contributed by atoms with Gasteiger partial charge in [-0.05, 0) is 35.9 Å². The number of para-hydroxylation sites is 1. The fraction of sp³-hybridized carbons (Fsp3) is 0.333. The summed E-state index contributed by atoms with van der Waals surface area (Å²) in [4.78, 5) is 13.8. The molecule has 2 aromatic carbocycles. The van der Waals surface area contributed by atoms with E-state index in [-0.39, 0.29) is 0 Å². The molecule has 0 bridgehead atoms. The molecule has 32 heavy (non-hydrogen) atoms. The summed E-state index contributed by atoms with van der Waals surface area (Å²) >= 11 is 0. The number of hydrogen-bond donors (Lipinski definition) is 1. The number of fused-ring (bicyclic) bond motifs is 1. The van der Waals surface area contributed by atoms with Gasteiger partial charge in [0, 0.05) is 38.9 Å². The van der Waals surface area contributed by atoms with Crippen molar-refractivity contribution in [2.75, 3.05) is 56.3 Å². The van der Waals surface area contributed by atoms with Crippen molar-refractivity contribution >= 4 is 11.8 Å². The predicted octanol–water partition coefficient (Wildman–Crippen LogP) is 3.02. The number of piperazine rings is 1. The van der Waals surface area contributed by atoms with Gasteiger partial charge in [0.1, 0.15) is 18.2 Å². The van der Waals surface area contributed by atoms with Crippen molar-refractivity contribution in [1.82, 2.24) is 14.9 Å². The second-order valence-corrected chi connectivity index (χ2v) is 7.78. The van der Waals surface area contributed by atoms with Crippen LogP contribution >= 0.6 is 0 Å². The molecule has 2 aliphatic rings. The van der Waals surface area contributed by atoms with E-state index in [0.717, 1.165) is 61.7 Å². The molecule has 0 spiro atoms. The first-order valence-electron chi connectivity index (χ1n) is 10.9. The SMILES string of the molecule is c1ccc(OCCNc2ccnc(N3CCN(Cc4ccc5c(c4)OCO5)CC3)n2)cc1. The van der Waals surface area contributed by atoms with Gasteiger partial charge in [-0.25, -0.2) is 4.98 Å². The Bertz CT molecular complexity index is 1030. The summed E-state index contributed by atoms with van der Waals surface area (Å²) in [6, 6.07) is 17.9. The third-order valence-electron chi connectivity index (χ3n) is 5.56. The largest absolute Gasteiger partial charge is 0.492 e. The van der Waals surface area contributed by atoms with Crippen molar-refractivity contribution in [2.45, 2.75) is 6.54 Å². The smallest absolute Gasteiger partial charge is 0.231 e. The minimum atomic E-state index is 0.311. The lowest BCUT2D eigenvalue weighted by atomic mass is 10.1. The first kappa shape index (κ1) is 20.4. The van der Waals surface area contributed by atoms with Gasteiger partial charge < -0.3 is 24.4 Å². The molecule has 1 N–H and O–H groups in total. The lowest BCUT2D eigenvalue weighted by molar-refractivity contribution is 0.174. The summed E-state index contributed by atoms with van der Waals surface area (Å²) < 4.78 is 16.6. The topological polar surface area (TPSA) is 72.0 Å². The lowest BCUT2D eigenvalue weighted by Gasteiger charge is -2.34. The number of benzene rings is 2. The maximum Gasteiger partial charge on any atom is 0.231 e. The second kappa shape index (κ2) is 9.74. The van der Waals surface area contributed by atoms with Crippen molar-refractivity contribution in [1.29, 1.82) is 0 Å². The van der Waals surface area contributed by atoms with Gasteiger partial charge in [0.15, 0.2) is 11.5 Å². The van der Waals surface area contributed by atoms with Crippen LogP contribution in [0.4, 0.5) is 11.8 Å². The predicted molar refractivity (Wildman–Crippen MR) is 123 cm³/mol. The number of anilines is 2. The molecule has 1 fully saturated rings. The van der Waals surface area contributed by atoms with E-state index < -0.39 is 0 Å². The van der Waals surface area contributed by atoms with E-state index in [0.29, 0.717) is 19.9 Å². The van der Waals surface area contributed by atoms with Crippen molar-refractivity contribution < 1.29 is 14.2 Å². The molecule has 0 amide bonds. The first-order chi connectivity index (χ1) is 15.8. The summed E-state index contributed by atoms with van der Waals surface area (Å²) in [6.07, 6.45) is 1.81. The summed E-state index contributed by atoms with van der Waals surface area (Å²) in [6.45, 7) is 6.16. The Kier molecular flexibility index (Phi) is 6.20. The average molecular weight is 434 g/mol. The number of nitrogens with one attached hydrogen (secondary N) is 1. The Hall–Kier alpha value is -3.52. The highest BCUT2D eigenvalue weighted by molar-refractivity contribution is 5.45. The summed E-state index contributed by atoms with van der Waals surface area (Å²) in [5.74, 6) is 4.12. The van der Waals surface area contributed by atoms with Crippen LogP contribution in [0.1, 0.15) is 5.56 Å². The van der Waals surface area contributed by atoms with Crippen LogP contribution in [0.25, 0.3) is 0 Å². The maximum atomic E-state index is 5.72. The van der Waals surface area contributed by atoms with Crippen LogP contribution in [0.15, 0.2) is 60.8 Å². The van der Waals surface area contributed by atoms with Gasteiger partial charge in [0.05, 0.1) is 6.54 Å². The van der Waals surface area contributed by atoms with Gasteiger partial charge in [-0.1, -0.05) is 24.3 Å². The fourth-order valence-corrected chi connectivity index (χ4v) is 3.87. The van der Waals surface area contributed by atoms with Crippen LogP contribution in [0, 0.1) is 0 Å². The summed E-state index contributed by atoms with van der Waals surface area (Å²) in [5.41, 5.74) is 1.24. The molecule has 0 saturated carbocycles. The molecule has 3 aromatic rings. The molecule has 2 aliphatic heterocycles. The van der Waals surface area contributed by atoms with Crippen molar-refractivity contribution in [3.05, 3.63) is 66.4 Å². The monoisotopic (exact) mass is 433 g/mol. The van der Waals surface area contributed by atoms with Crippen molar-refractivity contribution in [2.24, 2.45) is 0 Å². The molecule has 5 rings (SSSR count). The van der Waals surface area contributed by atoms with Crippen molar-refractivity contribution in [3.63, 3.8) is 0 Å². The number of hydrogen-bond acceptors (Lipinski definition) is 8. The molecule has 8 heteroatoms. The molecular formula is C24H27N5O3. The van der Waals surface area contributed by atoms with E-state index >= 15 is 0 Å². The van der Waals surface area contributed by atoms with Gasteiger partial charge >= 0.3 is 0 Å². The molecule has 1 saturated heterocycles. The van der Waals surface area contributed by atoms with E-state index in [1.54, 1.807) is 0 Å². The number of rotatable bonds is 8. The highest BCUT2D eigenvalue weighted by atomic mass is 16.7. The fourth-order valence-electron chi connectivity index (χ4n) is 3.87. The van der Waals surface area contributed by atoms with E-state index in [1.807, 2.05) is 48.7 Å². The number of ether oxygens (including phenoxy) is 3. The zero-order valence-electron chi connectivity index (χ0n) is 17.9. The Morgan fingerprint density at radius 1 is 0.938 bits per heavy atom. The first-order valence-corrected chi connectivity index (χ1v) is 10.9. The molecule has 0 atom stereocenters. The Balaban J connectivity index is 1.09. The quantitative estimate of drug-likeness (QED) is 0.544. The van der Waals surface area contributed by atoms with E-state index in [9.17, 15) is 0 Å². The summed E-state index contributed by atoms with van der Waals surface area (Å²) in [5, 5.41) is 3.32. The molecule has 0 aliphatic carbocycles. The molecule has 0 radical (unpaired) electrons. The molecule has 0 unspecified atom stereocenters. The van der Waals surface area contributed by atoms with Crippen LogP contribution in [-0.4, -0.2) is 61.0 Å². The number of nitrogens with zero attached hydrogens (tertiary/aromatic N) is 4. The Morgan fingerprint density at radius 2 is 1.78 bits per heavy atom. The Labute approximate surface area is 187 Å². The standard InChI is InChI=1S/C24H27N5O3/c1-2-4-20(5-3-1)30-15-10-25-23-8-9-26-24(27-23)29-13-11-28(12-14-29)17-19-6-7-21-22(16-19)32-18-31-21/h1-9,16H,10-15,17-18H2,(H,25,26,27). The van der Waals surface area contributed by atoms with Crippen LogP contribution < -0.4 is 24.4 Å². The van der Waals surface area contributed by atoms with Crippen LogP contribution in [0.3, 0.4) is 0 Å². The van der Waals surface area contributed by atoms with Crippen LogP contribution in [0.5, 0.6) is 17.2 Å². The van der Waals surface area contributed by atoms with Gasteiger partial charge in [0.2, 0.25) is 12.7 Å². The van der Waals surface area contributed by atoms with E-state index in [2.05, 4.69) is 37.2 Å². The third-order valence-corrected chi connectivity index (χ3v) is 5.56. The normalized spacial score (nSPS) is 15.6. The van der Waals surface area contributed by atoms with Gasteiger partial charge in [0.25, 0.3) is 0 Å². The van der Waals surface area contributed by atoms with Crippen molar-refractivity contribution in [3.8, 4) is 17.2 Å². The second-order valence-electron chi connectivity index (χ2n) is 7.78. The Morgan fingerprint density at radius 3 is 2.66 bits per heavy atom. The zero-order chi connectivity index (χ0) is 21.6. The lowest BCUT2D eigenvalue weighted by Crippen LogP contribution is -2.46. The molecule has 8 nitrogen and oxygen atoms in total. The van der Waals surface area contributed by atoms with Gasteiger partial charge in [-0.2, -0.15) is 4.98 Å². The van der Waals surface area contributed by atoms with E-state index in [1.165, 1.54) is 5.56 Å². The molecule has 1 aromatic heterocycles. The highest BCUT2D eigenvalue weighted by Gasteiger charge is 2.20. The third kappa shape index (κ3) is 5.03. The molecule has 3 heterocycles. The van der Waals surface area contributed by atoms with Gasteiger partial charge in [-0.3, -0.25) is 4.90 Å². The summed E-state index contributed by atoms with van der Waals surface area (Å²) in [7, 11) is 0. The van der Waals surface area contributed by atoms with Crippen LogP contribution in [-0.2, 0) is 6.54 Å². The molecular weight excluding hydrogens is 406 g/mol. The average Bonchev–Trinajstić information content (AvgIpc) is 3.31. The van der Waals surface area contributed by atoms with Gasteiger partial charge in [-0.15, -0.1) is 0 Å². The van der Waals surface area contributed by atoms with Crippen LogP contribution in [0.2, 0.25) is 0 Å². The molecule has 166 valence electrons. The minimum absolute atomic E-state index is 0.311.